The van der Waals surface area contributed by atoms with Gasteiger partial charge in [0.2, 0.25) is 0 Å². The summed E-state index contributed by atoms with van der Waals surface area (Å²) in [6.07, 6.45) is 0. The van der Waals surface area contributed by atoms with Gasteiger partial charge in [-0.25, -0.2) is 9.18 Å². The highest BCUT2D eigenvalue weighted by atomic mass is 79.9. The predicted octanol–water partition coefficient (Wildman–Crippen LogP) is 3.22. The molecule has 2 aromatic carbocycles. The van der Waals surface area contributed by atoms with Crippen LogP contribution in [0.4, 0.5) is 4.39 Å². The van der Waals surface area contributed by atoms with Gasteiger partial charge in [0.05, 0.1) is 11.1 Å². The average molecular weight is 352 g/mol. The van der Waals surface area contributed by atoms with Gasteiger partial charge in [-0.15, -0.1) is 0 Å². The highest BCUT2D eigenvalue weighted by molar-refractivity contribution is 9.10. The molecule has 2 rings (SSSR count). The molecule has 0 saturated carbocycles. The van der Waals surface area contributed by atoms with Crippen molar-refractivity contribution >= 4 is 27.8 Å². The van der Waals surface area contributed by atoms with E-state index in [0.29, 0.717) is 10.0 Å². The number of amides is 1. The van der Waals surface area contributed by atoms with Crippen LogP contribution in [0.15, 0.2) is 46.9 Å². The van der Waals surface area contributed by atoms with Gasteiger partial charge in [-0.05, 0) is 35.9 Å². The molecule has 2 N–H and O–H groups in total. The number of halogens is 2. The monoisotopic (exact) mass is 351 g/mol. The summed E-state index contributed by atoms with van der Waals surface area (Å²) in [7, 11) is 0. The Morgan fingerprint density at radius 3 is 2.62 bits per heavy atom. The van der Waals surface area contributed by atoms with Crippen LogP contribution in [0, 0.1) is 5.82 Å². The van der Waals surface area contributed by atoms with Crippen molar-refractivity contribution in [3.05, 3.63) is 69.4 Å². The third-order valence-corrected chi connectivity index (χ3v) is 3.30. The van der Waals surface area contributed by atoms with Crippen LogP contribution in [0.2, 0.25) is 0 Å². The summed E-state index contributed by atoms with van der Waals surface area (Å²) in [6.45, 7) is 0.120. The van der Waals surface area contributed by atoms with Crippen LogP contribution in [0.25, 0.3) is 0 Å². The standard InChI is InChI=1S/C15H11BrFNO3/c16-11-4-5-12(13(17)7-11)14(19)18-8-9-2-1-3-10(6-9)15(20)21/h1-7H,8H2,(H,18,19)(H,20,21). The first-order valence-corrected chi connectivity index (χ1v) is 6.82. The largest absolute Gasteiger partial charge is 0.478 e. The van der Waals surface area contributed by atoms with Gasteiger partial charge in [0.15, 0.2) is 0 Å². The first-order valence-electron chi connectivity index (χ1n) is 6.03. The van der Waals surface area contributed by atoms with Gasteiger partial charge >= 0.3 is 5.97 Å². The molecule has 4 nitrogen and oxygen atoms in total. The van der Waals surface area contributed by atoms with Crippen LogP contribution in [-0.2, 0) is 6.54 Å². The topological polar surface area (TPSA) is 66.4 Å². The van der Waals surface area contributed by atoms with Crippen molar-refractivity contribution < 1.29 is 19.1 Å². The minimum atomic E-state index is -1.04. The smallest absolute Gasteiger partial charge is 0.335 e. The van der Waals surface area contributed by atoms with E-state index in [1.807, 2.05) is 0 Å². The molecule has 0 radical (unpaired) electrons. The lowest BCUT2D eigenvalue weighted by Crippen LogP contribution is -2.24. The van der Waals surface area contributed by atoms with E-state index in [9.17, 15) is 14.0 Å². The van der Waals surface area contributed by atoms with E-state index in [0.717, 1.165) is 0 Å². The van der Waals surface area contributed by atoms with Gasteiger partial charge in [-0.2, -0.15) is 0 Å². The van der Waals surface area contributed by atoms with E-state index in [-0.39, 0.29) is 17.7 Å². The number of hydrogen-bond acceptors (Lipinski definition) is 2. The van der Waals surface area contributed by atoms with E-state index in [4.69, 9.17) is 5.11 Å². The highest BCUT2D eigenvalue weighted by Crippen LogP contribution is 2.15. The van der Waals surface area contributed by atoms with Crippen LogP contribution in [0.1, 0.15) is 26.3 Å². The molecule has 0 aliphatic rings. The molecular weight excluding hydrogens is 341 g/mol. The quantitative estimate of drug-likeness (QED) is 0.888. The molecule has 0 atom stereocenters. The van der Waals surface area contributed by atoms with Crippen molar-refractivity contribution in [1.82, 2.24) is 5.32 Å². The first-order chi connectivity index (χ1) is 9.97. The molecule has 2 aromatic rings. The predicted molar refractivity (Wildman–Crippen MR) is 78.7 cm³/mol. The average Bonchev–Trinajstić information content (AvgIpc) is 2.45. The van der Waals surface area contributed by atoms with Gasteiger partial charge < -0.3 is 10.4 Å². The number of nitrogens with one attached hydrogen (secondary N) is 1. The van der Waals surface area contributed by atoms with Gasteiger partial charge in [0.25, 0.3) is 5.91 Å². The number of carboxylic acid groups (broad SMARTS) is 1. The Balaban J connectivity index is 2.07. The highest BCUT2D eigenvalue weighted by Gasteiger charge is 2.12. The fourth-order valence-electron chi connectivity index (χ4n) is 1.77. The molecule has 0 aliphatic carbocycles. The van der Waals surface area contributed by atoms with E-state index >= 15 is 0 Å². The number of rotatable bonds is 4. The molecule has 21 heavy (non-hydrogen) atoms. The number of hydrogen-bond donors (Lipinski definition) is 2. The maximum Gasteiger partial charge on any atom is 0.335 e. The fourth-order valence-corrected chi connectivity index (χ4v) is 2.10. The number of aromatic carboxylic acids is 1. The minimum Gasteiger partial charge on any atom is -0.478 e. The van der Waals surface area contributed by atoms with E-state index in [1.165, 1.54) is 24.3 Å². The Hall–Kier alpha value is -2.21. The van der Waals surface area contributed by atoms with Crippen molar-refractivity contribution in [2.45, 2.75) is 6.54 Å². The zero-order valence-electron chi connectivity index (χ0n) is 10.8. The fraction of sp³-hybridized carbons (Fsp3) is 0.0667. The SMILES string of the molecule is O=C(O)c1cccc(CNC(=O)c2ccc(Br)cc2F)c1. The molecule has 0 saturated heterocycles. The molecule has 0 bridgehead atoms. The van der Waals surface area contributed by atoms with E-state index < -0.39 is 17.7 Å². The van der Waals surface area contributed by atoms with Crippen molar-refractivity contribution in [3.8, 4) is 0 Å². The van der Waals surface area contributed by atoms with Crippen molar-refractivity contribution in [3.63, 3.8) is 0 Å². The molecule has 0 unspecified atom stereocenters. The molecule has 0 heterocycles. The first kappa shape index (κ1) is 15.2. The van der Waals surface area contributed by atoms with E-state index in [2.05, 4.69) is 21.2 Å². The second-order valence-electron chi connectivity index (χ2n) is 4.31. The lowest BCUT2D eigenvalue weighted by Gasteiger charge is -2.07. The number of carboxylic acids is 1. The molecule has 0 fully saturated rings. The minimum absolute atomic E-state index is 0.0624. The van der Waals surface area contributed by atoms with Crippen molar-refractivity contribution in [2.75, 3.05) is 0 Å². The van der Waals surface area contributed by atoms with Gasteiger partial charge in [-0.1, -0.05) is 28.1 Å². The van der Waals surface area contributed by atoms with Crippen molar-refractivity contribution in [2.24, 2.45) is 0 Å². The summed E-state index contributed by atoms with van der Waals surface area (Å²) in [5.41, 5.74) is 0.699. The van der Waals surface area contributed by atoms with Crippen LogP contribution < -0.4 is 5.32 Å². The van der Waals surface area contributed by atoms with Gasteiger partial charge in [0.1, 0.15) is 5.82 Å². The summed E-state index contributed by atoms with van der Waals surface area (Å²) >= 11 is 3.12. The normalized spacial score (nSPS) is 10.2. The second-order valence-corrected chi connectivity index (χ2v) is 5.23. The zero-order valence-corrected chi connectivity index (χ0v) is 12.4. The Bertz CT molecular complexity index is 703. The summed E-state index contributed by atoms with van der Waals surface area (Å²) in [5.74, 6) is -2.22. The lowest BCUT2D eigenvalue weighted by atomic mass is 10.1. The van der Waals surface area contributed by atoms with Crippen molar-refractivity contribution in [1.29, 1.82) is 0 Å². The van der Waals surface area contributed by atoms with Gasteiger partial charge in [0, 0.05) is 11.0 Å². The van der Waals surface area contributed by atoms with Crippen LogP contribution in [0.3, 0.4) is 0 Å². The Morgan fingerprint density at radius 1 is 1.19 bits per heavy atom. The van der Waals surface area contributed by atoms with Crippen LogP contribution in [-0.4, -0.2) is 17.0 Å². The van der Waals surface area contributed by atoms with E-state index in [1.54, 1.807) is 18.2 Å². The number of benzene rings is 2. The maximum atomic E-state index is 13.6. The molecular formula is C15H11BrFNO3. The maximum absolute atomic E-state index is 13.6. The Labute approximate surface area is 128 Å². The summed E-state index contributed by atoms with van der Waals surface area (Å²) in [5, 5.41) is 11.4. The summed E-state index contributed by atoms with van der Waals surface area (Å²) in [6, 6.07) is 10.4. The molecule has 108 valence electrons. The number of carbonyl (C=O) groups excluding carboxylic acids is 1. The summed E-state index contributed by atoms with van der Waals surface area (Å²) in [4.78, 5) is 22.7. The van der Waals surface area contributed by atoms with Crippen LogP contribution >= 0.6 is 15.9 Å². The third kappa shape index (κ3) is 3.88. The third-order valence-electron chi connectivity index (χ3n) is 2.80. The lowest BCUT2D eigenvalue weighted by molar-refractivity contribution is 0.0696. The van der Waals surface area contributed by atoms with Crippen LogP contribution in [0.5, 0.6) is 0 Å². The van der Waals surface area contributed by atoms with Gasteiger partial charge in [-0.3, -0.25) is 4.79 Å². The molecule has 6 heteroatoms. The summed E-state index contributed by atoms with van der Waals surface area (Å²) < 4.78 is 14.2. The Morgan fingerprint density at radius 2 is 1.95 bits per heavy atom. The molecule has 0 spiro atoms. The number of carbonyl (C=O) groups is 2. The Kier molecular flexibility index (Phi) is 4.70. The zero-order chi connectivity index (χ0) is 15.4. The molecule has 0 aliphatic heterocycles. The molecule has 1 amide bonds. The second kappa shape index (κ2) is 6.49. The molecule has 0 aromatic heterocycles.